The zero-order chi connectivity index (χ0) is 22.0. The van der Waals surface area contributed by atoms with Crippen LogP contribution >= 0.6 is 0 Å². The molecule has 0 saturated heterocycles. The molecule has 0 aromatic heterocycles. The number of hydrogen-bond acceptors (Lipinski definition) is 6. The standard InChI is InChI=1S/C21H26N2O6S/c1-3-28-17-8-6-16(7-9-17)23-21(25)15-22-20(24)5-4-14-29-18-10-12-19(13-11-18)30(2,26)27/h6-13H,3-5,14-15H2,1-2H3,(H,22,24)(H,23,25). The zero-order valence-corrected chi connectivity index (χ0v) is 17.8. The van der Waals surface area contributed by atoms with Crippen molar-refractivity contribution < 1.29 is 27.5 Å². The molecular weight excluding hydrogens is 408 g/mol. The van der Waals surface area contributed by atoms with Crippen LogP contribution in [0.3, 0.4) is 0 Å². The van der Waals surface area contributed by atoms with Crippen LogP contribution < -0.4 is 20.1 Å². The van der Waals surface area contributed by atoms with Gasteiger partial charge in [-0.05, 0) is 61.9 Å². The van der Waals surface area contributed by atoms with Gasteiger partial charge in [-0.15, -0.1) is 0 Å². The number of nitrogens with one attached hydrogen (secondary N) is 2. The molecule has 2 amide bonds. The number of anilines is 1. The summed E-state index contributed by atoms with van der Waals surface area (Å²) in [6.07, 6.45) is 1.80. The fourth-order valence-corrected chi connectivity index (χ4v) is 3.11. The van der Waals surface area contributed by atoms with Crippen molar-refractivity contribution in [2.45, 2.75) is 24.7 Å². The van der Waals surface area contributed by atoms with Gasteiger partial charge < -0.3 is 20.1 Å². The third-order valence-electron chi connectivity index (χ3n) is 3.96. The monoisotopic (exact) mass is 434 g/mol. The molecule has 0 heterocycles. The summed E-state index contributed by atoms with van der Waals surface area (Å²) < 4.78 is 33.6. The number of amides is 2. The molecule has 0 aliphatic carbocycles. The first kappa shape index (κ1) is 23.2. The van der Waals surface area contributed by atoms with Gasteiger partial charge in [-0.25, -0.2) is 8.42 Å². The Bertz CT molecular complexity index is 940. The van der Waals surface area contributed by atoms with E-state index in [1.165, 1.54) is 12.1 Å². The third-order valence-corrected chi connectivity index (χ3v) is 5.09. The number of ether oxygens (including phenoxy) is 2. The molecule has 0 fully saturated rings. The Hall–Kier alpha value is -3.07. The second kappa shape index (κ2) is 11.2. The highest BCUT2D eigenvalue weighted by atomic mass is 32.2. The molecule has 2 rings (SSSR count). The number of sulfone groups is 1. The lowest BCUT2D eigenvalue weighted by molar-refractivity contribution is -0.124. The molecule has 162 valence electrons. The van der Waals surface area contributed by atoms with E-state index in [2.05, 4.69) is 10.6 Å². The fraction of sp³-hybridized carbons (Fsp3) is 0.333. The maximum Gasteiger partial charge on any atom is 0.243 e. The highest BCUT2D eigenvalue weighted by Gasteiger charge is 2.08. The van der Waals surface area contributed by atoms with Crippen LogP contribution in [0.5, 0.6) is 11.5 Å². The van der Waals surface area contributed by atoms with Gasteiger partial charge in [-0.1, -0.05) is 0 Å². The van der Waals surface area contributed by atoms with E-state index >= 15 is 0 Å². The first-order valence-corrected chi connectivity index (χ1v) is 11.4. The first-order chi connectivity index (χ1) is 14.3. The highest BCUT2D eigenvalue weighted by Crippen LogP contribution is 2.16. The summed E-state index contributed by atoms with van der Waals surface area (Å²) >= 11 is 0. The van der Waals surface area contributed by atoms with Crippen molar-refractivity contribution in [2.24, 2.45) is 0 Å². The fourth-order valence-electron chi connectivity index (χ4n) is 2.48. The Labute approximate surface area is 176 Å². The Morgan fingerprint density at radius 1 is 0.900 bits per heavy atom. The number of rotatable bonds is 11. The van der Waals surface area contributed by atoms with Crippen molar-refractivity contribution in [3.63, 3.8) is 0 Å². The molecule has 30 heavy (non-hydrogen) atoms. The van der Waals surface area contributed by atoms with E-state index in [0.29, 0.717) is 31.1 Å². The van der Waals surface area contributed by atoms with E-state index in [4.69, 9.17) is 9.47 Å². The molecule has 9 heteroatoms. The van der Waals surface area contributed by atoms with E-state index in [1.54, 1.807) is 36.4 Å². The van der Waals surface area contributed by atoms with Crippen LogP contribution in [0.15, 0.2) is 53.4 Å². The summed E-state index contributed by atoms with van der Waals surface area (Å²) in [5.41, 5.74) is 0.619. The van der Waals surface area contributed by atoms with E-state index in [0.717, 1.165) is 12.0 Å². The normalized spacial score (nSPS) is 10.9. The highest BCUT2D eigenvalue weighted by molar-refractivity contribution is 7.90. The average Bonchev–Trinajstić information content (AvgIpc) is 2.71. The Kier molecular flexibility index (Phi) is 8.67. The third kappa shape index (κ3) is 8.12. The summed E-state index contributed by atoms with van der Waals surface area (Å²) in [5, 5.41) is 5.25. The summed E-state index contributed by atoms with van der Waals surface area (Å²) in [6.45, 7) is 2.63. The quantitative estimate of drug-likeness (QED) is 0.526. The molecular formula is C21H26N2O6S. The van der Waals surface area contributed by atoms with E-state index in [9.17, 15) is 18.0 Å². The molecule has 2 aromatic rings. The molecule has 0 saturated carbocycles. The van der Waals surface area contributed by atoms with Crippen molar-refractivity contribution in [3.8, 4) is 11.5 Å². The van der Waals surface area contributed by atoms with Crippen molar-refractivity contribution in [3.05, 3.63) is 48.5 Å². The second-order valence-corrected chi connectivity index (χ2v) is 8.49. The van der Waals surface area contributed by atoms with Gasteiger partial charge in [-0.2, -0.15) is 0 Å². The molecule has 0 unspecified atom stereocenters. The lowest BCUT2D eigenvalue weighted by atomic mass is 10.3. The number of carbonyl (C=O) groups excluding carboxylic acids is 2. The molecule has 0 bridgehead atoms. The molecule has 0 aliphatic heterocycles. The van der Waals surface area contributed by atoms with E-state index < -0.39 is 9.84 Å². The zero-order valence-electron chi connectivity index (χ0n) is 17.0. The van der Waals surface area contributed by atoms with Gasteiger partial charge >= 0.3 is 0 Å². The van der Waals surface area contributed by atoms with E-state index in [-0.39, 0.29) is 29.7 Å². The van der Waals surface area contributed by atoms with Gasteiger partial charge in [-0.3, -0.25) is 9.59 Å². The predicted octanol–water partition coefficient (Wildman–Crippen LogP) is 2.40. The molecule has 2 aromatic carbocycles. The van der Waals surface area contributed by atoms with Crippen LogP contribution in [0.1, 0.15) is 19.8 Å². The van der Waals surface area contributed by atoms with Gasteiger partial charge in [0.05, 0.1) is 24.7 Å². The van der Waals surface area contributed by atoms with Crippen LogP contribution in [-0.2, 0) is 19.4 Å². The van der Waals surface area contributed by atoms with Crippen molar-refractivity contribution in [1.82, 2.24) is 5.32 Å². The second-order valence-electron chi connectivity index (χ2n) is 6.48. The van der Waals surface area contributed by atoms with Gasteiger partial charge in [0.25, 0.3) is 0 Å². The lowest BCUT2D eigenvalue weighted by Gasteiger charge is -2.09. The minimum atomic E-state index is -3.24. The molecule has 0 atom stereocenters. The van der Waals surface area contributed by atoms with Gasteiger partial charge in [0.2, 0.25) is 11.8 Å². The number of benzene rings is 2. The summed E-state index contributed by atoms with van der Waals surface area (Å²) in [5.74, 6) is 0.664. The summed E-state index contributed by atoms with van der Waals surface area (Å²) in [6, 6.07) is 13.1. The molecule has 8 nitrogen and oxygen atoms in total. The van der Waals surface area contributed by atoms with Gasteiger partial charge in [0.1, 0.15) is 11.5 Å². The van der Waals surface area contributed by atoms with Crippen LogP contribution in [0, 0.1) is 0 Å². The Morgan fingerprint density at radius 2 is 1.50 bits per heavy atom. The van der Waals surface area contributed by atoms with Crippen LogP contribution in [0.4, 0.5) is 5.69 Å². The minimum absolute atomic E-state index is 0.125. The van der Waals surface area contributed by atoms with Gasteiger partial charge in [0, 0.05) is 18.4 Å². The number of hydrogen-bond donors (Lipinski definition) is 2. The largest absolute Gasteiger partial charge is 0.494 e. The minimum Gasteiger partial charge on any atom is -0.494 e. The van der Waals surface area contributed by atoms with Gasteiger partial charge in [0.15, 0.2) is 9.84 Å². The maximum absolute atomic E-state index is 11.9. The van der Waals surface area contributed by atoms with Crippen molar-refractivity contribution in [2.75, 3.05) is 31.3 Å². The number of carbonyl (C=O) groups is 2. The molecule has 0 spiro atoms. The lowest BCUT2D eigenvalue weighted by Crippen LogP contribution is -2.32. The summed E-state index contributed by atoms with van der Waals surface area (Å²) in [4.78, 5) is 24.0. The van der Waals surface area contributed by atoms with Crippen molar-refractivity contribution in [1.29, 1.82) is 0 Å². The van der Waals surface area contributed by atoms with Crippen LogP contribution in [-0.4, -0.2) is 46.2 Å². The van der Waals surface area contributed by atoms with E-state index in [1.807, 2.05) is 6.92 Å². The summed E-state index contributed by atoms with van der Waals surface area (Å²) in [7, 11) is -3.24. The predicted molar refractivity (Wildman–Crippen MR) is 114 cm³/mol. The van der Waals surface area contributed by atoms with Crippen molar-refractivity contribution >= 4 is 27.3 Å². The molecule has 0 radical (unpaired) electrons. The SMILES string of the molecule is CCOc1ccc(NC(=O)CNC(=O)CCCOc2ccc(S(C)(=O)=O)cc2)cc1. The first-order valence-electron chi connectivity index (χ1n) is 9.50. The van der Waals surface area contributed by atoms with Crippen LogP contribution in [0.2, 0.25) is 0 Å². The van der Waals surface area contributed by atoms with Crippen LogP contribution in [0.25, 0.3) is 0 Å². The molecule has 0 aliphatic rings. The average molecular weight is 435 g/mol. The Morgan fingerprint density at radius 3 is 2.10 bits per heavy atom. The molecule has 2 N–H and O–H groups in total. The maximum atomic E-state index is 11.9. The smallest absolute Gasteiger partial charge is 0.243 e. The topological polar surface area (TPSA) is 111 Å². The Balaban J connectivity index is 1.63.